The molecular weight excluding hydrogens is 352 g/mol. The zero-order valence-electron chi connectivity index (χ0n) is 16.1. The molecule has 0 fully saturated rings. The minimum Gasteiger partial charge on any atom is -0.349 e. The molecule has 0 radical (unpaired) electrons. The number of anilines is 1. The number of carbonyl (C=O) groups excluding carboxylic acids is 2. The zero-order chi connectivity index (χ0) is 19.9. The number of hydrogen-bond acceptors (Lipinski definition) is 3. The van der Waals surface area contributed by atoms with Crippen molar-refractivity contribution >= 4 is 17.6 Å². The molecule has 3 aromatic rings. The number of nitrogens with one attached hydrogen (secondary N) is 2. The molecule has 0 saturated carbocycles. The second kappa shape index (κ2) is 8.99. The Morgan fingerprint density at radius 1 is 1.04 bits per heavy atom. The van der Waals surface area contributed by atoms with E-state index in [-0.39, 0.29) is 24.3 Å². The van der Waals surface area contributed by atoms with Gasteiger partial charge in [-0.05, 0) is 18.1 Å². The van der Waals surface area contributed by atoms with Gasteiger partial charge < -0.3 is 10.6 Å². The lowest BCUT2D eigenvalue weighted by molar-refractivity contribution is -0.120. The van der Waals surface area contributed by atoms with Crippen LogP contribution >= 0.6 is 0 Å². The predicted molar refractivity (Wildman–Crippen MR) is 109 cm³/mol. The summed E-state index contributed by atoms with van der Waals surface area (Å²) in [6, 6.07) is 20.9. The number of benzene rings is 2. The highest BCUT2D eigenvalue weighted by atomic mass is 16.2. The van der Waals surface area contributed by atoms with E-state index in [0.717, 1.165) is 16.8 Å². The summed E-state index contributed by atoms with van der Waals surface area (Å²) < 4.78 is 1.78. The molecule has 1 atom stereocenters. The van der Waals surface area contributed by atoms with Crippen molar-refractivity contribution in [2.24, 2.45) is 0 Å². The van der Waals surface area contributed by atoms with E-state index >= 15 is 0 Å². The number of hydrogen-bond donors (Lipinski definition) is 2. The van der Waals surface area contributed by atoms with Crippen LogP contribution in [0.2, 0.25) is 0 Å². The summed E-state index contributed by atoms with van der Waals surface area (Å²) in [7, 11) is 0. The predicted octanol–water partition coefficient (Wildman–Crippen LogP) is 3.45. The van der Waals surface area contributed by atoms with Crippen molar-refractivity contribution in [3.05, 3.63) is 83.6 Å². The van der Waals surface area contributed by atoms with Crippen LogP contribution in [0.25, 0.3) is 0 Å². The van der Waals surface area contributed by atoms with Gasteiger partial charge in [-0.1, -0.05) is 60.7 Å². The van der Waals surface area contributed by atoms with Gasteiger partial charge in [0.25, 0.3) is 0 Å². The van der Waals surface area contributed by atoms with E-state index in [0.29, 0.717) is 12.4 Å². The van der Waals surface area contributed by atoms with E-state index in [1.165, 1.54) is 6.92 Å². The second-order valence-electron chi connectivity index (χ2n) is 6.73. The summed E-state index contributed by atoms with van der Waals surface area (Å²) in [5.74, 6) is 0.282. The van der Waals surface area contributed by atoms with Gasteiger partial charge in [0.2, 0.25) is 11.8 Å². The molecule has 0 aliphatic heterocycles. The van der Waals surface area contributed by atoms with E-state index in [9.17, 15) is 9.59 Å². The second-order valence-corrected chi connectivity index (χ2v) is 6.73. The molecule has 2 amide bonds. The fourth-order valence-electron chi connectivity index (χ4n) is 3.09. The smallest absolute Gasteiger partial charge is 0.227 e. The minimum atomic E-state index is -0.384. The maximum absolute atomic E-state index is 12.7. The third kappa shape index (κ3) is 5.30. The largest absolute Gasteiger partial charge is 0.349 e. The Balaban J connectivity index is 1.72. The molecule has 0 aliphatic carbocycles. The fourth-order valence-corrected chi connectivity index (χ4v) is 3.09. The average Bonchev–Trinajstić information content (AvgIpc) is 3.01. The highest BCUT2D eigenvalue weighted by Gasteiger charge is 2.18. The minimum absolute atomic E-state index is 0.138. The number of aromatic nitrogens is 2. The van der Waals surface area contributed by atoms with Crippen LogP contribution in [0.5, 0.6) is 0 Å². The summed E-state index contributed by atoms with van der Waals surface area (Å²) in [6.45, 7) is 3.91. The van der Waals surface area contributed by atoms with Gasteiger partial charge in [-0.25, -0.2) is 4.68 Å². The molecule has 3 rings (SSSR count). The van der Waals surface area contributed by atoms with Crippen molar-refractivity contribution in [2.75, 3.05) is 5.32 Å². The molecule has 1 heterocycles. The lowest BCUT2D eigenvalue weighted by Gasteiger charge is -2.18. The third-order valence-electron chi connectivity index (χ3n) is 4.31. The van der Waals surface area contributed by atoms with E-state index in [1.54, 1.807) is 4.68 Å². The van der Waals surface area contributed by atoms with Gasteiger partial charge in [-0.3, -0.25) is 9.59 Å². The Bertz CT molecular complexity index is 936. The Kier molecular flexibility index (Phi) is 6.22. The number of carbonyl (C=O) groups is 2. The van der Waals surface area contributed by atoms with Crippen LogP contribution < -0.4 is 10.6 Å². The number of nitrogens with zero attached hydrogens (tertiary/aromatic N) is 2. The first-order chi connectivity index (χ1) is 13.5. The van der Waals surface area contributed by atoms with Gasteiger partial charge in [0.1, 0.15) is 5.82 Å². The molecule has 2 N–H and O–H groups in total. The molecule has 6 heteroatoms. The number of amides is 2. The first-order valence-electron chi connectivity index (χ1n) is 9.21. The van der Waals surface area contributed by atoms with E-state index in [4.69, 9.17) is 0 Å². The highest BCUT2D eigenvalue weighted by molar-refractivity contribution is 5.91. The van der Waals surface area contributed by atoms with E-state index < -0.39 is 0 Å². The highest BCUT2D eigenvalue weighted by Crippen LogP contribution is 2.19. The van der Waals surface area contributed by atoms with Crippen LogP contribution in [0.1, 0.15) is 36.2 Å². The lowest BCUT2D eigenvalue weighted by atomic mass is 10.0. The first kappa shape index (κ1) is 19.4. The van der Waals surface area contributed by atoms with Crippen molar-refractivity contribution in [3.8, 4) is 0 Å². The van der Waals surface area contributed by atoms with E-state index in [2.05, 4.69) is 15.7 Å². The van der Waals surface area contributed by atoms with Crippen LogP contribution in [-0.2, 0) is 16.1 Å². The Hall–Kier alpha value is -3.41. The van der Waals surface area contributed by atoms with Crippen molar-refractivity contribution in [1.29, 1.82) is 0 Å². The van der Waals surface area contributed by atoms with Crippen molar-refractivity contribution in [2.45, 2.75) is 32.9 Å². The SMILES string of the molecule is CC(=O)NC(CC(=O)Nc1cc(C)nn1Cc1ccccc1)c1ccccc1. The summed E-state index contributed by atoms with van der Waals surface area (Å²) in [6.07, 6.45) is 0.138. The molecule has 0 saturated heterocycles. The zero-order valence-corrected chi connectivity index (χ0v) is 16.1. The van der Waals surface area contributed by atoms with Gasteiger partial charge in [-0.2, -0.15) is 5.10 Å². The van der Waals surface area contributed by atoms with Crippen LogP contribution in [0, 0.1) is 6.92 Å². The molecule has 28 heavy (non-hydrogen) atoms. The third-order valence-corrected chi connectivity index (χ3v) is 4.31. The van der Waals surface area contributed by atoms with Gasteiger partial charge in [0.15, 0.2) is 0 Å². The van der Waals surface area contributed by atoms with Crippen molar-refractivity contribution < 1.29 is 9.59 Å². The quantitative estimate of drug-likeness (QED) is 0.663. The van der Waals surface area contributed by atoms with E-state index in [1.807, 2.05) is 73.7 Å². The maximum Gasteiger partial charge on any atom is 0.227 e. The number of aryl methyl sites for hydroxylation is 1. The Morgan fingerprint density at radius 3 is 2.32 bits per heavy atom. The number of rotatable bonds is 7. The standard InChI is InChI=1S/C22H24N4O2/c1-16-13-21(26(25-16)15-18-9-5-3-6-10-18)24-22(28)14-20(23-17(2)27)19-11-7-4-8-12-19/h3-13,20H,14-15H2,1-2H3,(H,23,27)(H,24,28). The molecule has 0 aliphatic rings. The van der Waals surface area contributed by atoms with Gasteiger partial charge >= 0.3 is 0 Å². The van der Waals surface area contributed by atoms with Crippen LogP contribution in [0.4, 0.5) is 5.82 Å². The lowest BCUT2D eigenvalue weighted by Crippen LogP contribution is -2.30. The average molecular weight is 376 g/mol. The molecule has 6 nitrogen and oxygen atoms in total. The van der Waals surface area contributed by atoms with Crippen molar-refractivity contribution in [1.82, 2.24) is 15.1 Å². The monoisotopic (exact) mass is 376 g/mol. The molecule has 1 unspecified atom stereocenters. The Labute approximate surface area is 164 Å². The molecule has 144 valence electrons. The normalized spacial score (nSPS) is 11.6. The first-order valence-corrected chi connectivity index (χ1v) is 9.21. The summed E-state index contributed by atoms with van der Waals surface area (Å²) in [5, 5.41) is 10.3. The van der Waals surface area contributed by atoms with Gasteiger partial charge in [0, 0.05) is 13.0 Å². The van der Waals surface area contributed by atoms with Crippen LogP contribution in [-0.4, -0.2) is 21.6 Å². The molecular formula is C22H24N4O2. The summed E-state index contributed by atoms with van der Waals surface area (Å²) in [4.78, 5) is 24.3. The summed E-state index contributed by atoms with van der Waals surface area (Å²) in [5.41, 5.74) is 2.82. The topological polar surface area (TPSA) is 76.0 Å². The van der Waals surface area contributed by atoms with Crippen LogP contribution in [0.15, 0.2) is 66.7 Å². The molecule has 2 aromatic carbocycles. The Morgan fingerprint density at radius 2 is 1.68 bits per heavy atom. The summed E-state index contributed by atoms with van der Waals surface area (Å²) >= 11 is 0. The molecule has 0 spiro atoms. The van der Waals surface area contributed by atoms with Gasteiger partial charge in [-0.15, -0.1) is 0 Å². The molecule has 0 bridgehead atoms. The molecule has 1 aromatic heterocycles. The van der Waals surface area contributed by atoms with Crippen molar-refractivity contribution in [3.63, 3.8) is 0 Å². The van der Waals surface area contributed by atoms with Crippen LogP contribution in [0.3, 0.4) is 0 Å². The van der Waals surface area contributed by atoms with Gasteiger partial charge in [0.05, 0.1) is 24.7 Å². The maximum atomic E-state index is 12.7. The fraction of sp³-hybridized carbons (Fsp3) is 0.227.